The molecular weight excluding hydrogens is 298 g/mol. The number of aromatic nitrogens is 1. The average molecular weight is 323 g/mol. The molecule has 1 aliphatic rings. The maximum absolute atomic E-state index is 12.0. The van der Waals surface area contributed by atoms with Gasteiger partial charge >= 0.3 is 0 Å². The number of nitrogens with zero attached hydrogens (tertiary/aromatic N) is 3. The number of carbonyl (C=O) groups is 1. The fraction of sp³-hybridized carbons (Fsp3) is 0.667. The maximum atomic E-state index is 12.0. The predicted octanol–water partition coefficient (Wildman–Crippen LogP) is 1.37. The fourth-order valence-electron chi connectivity index (χ4n) is 2.47. The molecule has 1 fully saturated rings. The summed E-state index contributed by atoms with van der Waals surface area (Å²) >= 11 is 1.68. The number of aryl methyl sites for hydroxylation is 1. The Morgan fingerprint density at radius 2 is 2.36 bits per heavy atom. The summed E-state index contributed by atoms with van der Waals surface area (Å²) in [6.45, 7) is 8.16. The van der Waals surface area contributed by atoms with E-state index in [4.69, 9.17) is 0 Å². The number of amides is 1. The predicted molar refractivity (Wildman–Crippen MR) is 90.0 cm³/mol. The highest BCUT2D eigenvalue weighted by Gasteiger charge is 2.27. The van der Waals surface area contributed by atoms with Gasteiger partial charge in [0.1, 0.15) is 5.01 Å². The number of aliphatic imine (C=N–C) groups is 1. The number of likely N-dealkylation sites (tertiary alicyclic amines) is 1. The van der Waals surface area contributed by atoms with E-state index in [1.165, 1.54) is 4.88 Å². The normalized spacial score (nSPS) is 18.9. The van der Waals surface area contributed by atoms with Gasteiger partial charge in [0.15, 0.2) is 5.96 Å². The number of guanidine groups is 1. The van der Waals surface area contributed by atoms with Gasteiger partial charge in [-0.05, 0) is 13.3 Å². The third-order valence-corrected chi connectivity index (χ3v) is 4.55. The second-order valence-corrected chi connectivity index (χ2v) is 7.18. The standard InChI is InChI=1S/C15H25N5OS/c1-10(2)14(21)20-6-5-12(9-20)19-15(16-4)18-8-13-17-7-11(3)22-13/h7,10,12H,5-6,8-9H2,1-4H3,(H2,16,18,19). The average Bonchev–Trinajstić information content (AvgIpc) is 3.11. The summed E-state index contributed by atoms with van der Waals surface area (Å²) in [4.78, 5) is 23.7. The maximum Gasteiger partial charge on any atom is 0.225 e. The Labute approximate surface area is 136 Å². The largest absolute Gasteiger partial charge is 0.352 e. The highest BCUT2D eigenvalue weighted by Crippen LogP contribution is 2.13. The number of rotatable bonds is 4. The van der Waals surface area contributed by atoms with Gasteiger partial charge in [-0.25, -0.2) is 4.98 Å². The summed E-state index contributed by atoms with van der Waals surface area (Å²) in [6, 6.07) is 0.256. The minimum absolute atomic E-state index is 0.0596. The van der Waals surface area contributed by atoms with Crippen molar-refractivity contribution in [1.29, 1.82) is 0 Å². The van der Waals surface area contributed by atoms with Gasteiger partial charge in [0.25, 0.3) is 0 Å². The lowest BCUT2D eigenvalue weighted by Crippen LogP contribution is -2.45. The molecule has 0 spiro atoms. The van der Waals surface area contributed by atoms with Crippen LogP contribution in [0.4, 0.5) is 0 Å². The molecule has 1 unspecified atom stereocenters. The van der Waals surface area contributed by atoms with Crippen LogP contribution in [-0.4, -0.2) is 47.9 Å². The van der Waals surface area contributed by atoms with E-state index in [1.54, 1.807) is 18.4 Å². The highest BCUT2D eigenvalue weighted by atomic mass is 32.1. The number of hydrogen-bond donors (Lipinski definition) is 2. The second-order valence-electron chi connectivity index (χ2n) is 5.86. The van der Waals surface area contributed by atoms with Crippen molar-refractivity contribution in [2.75, 3.05) is 20.1 Å². The molecule has 1 amide bonds. The molecule has 1 aliphatic heterocycles. The number of thiazole rings is 1. The molecular formula is C15H25N5OS. The van der Waals surface area contributed by atoms with Crippen LogP contribution in [0.2, 0.25) is 0 Å². The van der Waals surface area contributed by atoms with E-state index in [0.29, 0.717) is 6.54 Å². The Balaban J connectivity index is 1.80. The van der Waals surface area contributed by atoms with E-state index in [0.717, 1.165) is 30.5 Å². The molecule has 1 saturated heterocycles. The van der Waals surface area contributed by atoms with Crippen molar-refractivity contribution in [2.24, 2.45) is 10.9 Å². The van der Waals surface area contributed by atoms with Gasteiger partial charge in [0.2, 0.25) is 5.91 Å². The van der Waals surface area contributed by atoms with Crippen LogP contribution in [0.3, 0.4) is 0 Å². The Hall–Kier alpha value is -1.63. The van der Waals surface area contributed by atoms with Crippen molar-refractivity contribution in [3.05, 3.63) is 16.1 Å². The van der Waals surface area contributed by atoms with E-state index < -0.39 is 0 Å². The number of nitrogens with one attached hydrogen (secondary N) is 2. The minimum atomic E-state index is 0.0596. The first-order valence-corrected chi connectivity index (χ1v) is 8.48. The third-order valence-electron chi connectivity index (χ3n) is 3.63. The molecule has 1 aromatic rings. The minimum Gasteiger partial charge on any atom is -0.352 e. The molecule has 0 bridgehead atoms. The van der Waals surface area contributed by atoms with E-state index in [-0.39, 0.29) is 17.9 Å². The summed E-state index contributed by atoms with van der Waals surface area (Å²) < 4.78 is 0. The molecule has 6 nitrogen and oxygen atoms in total. The van der Waals surface area contributed by atoms with Gasteiger partial charge in [-0.3, -0.25) is 9.79 Å². The first-order valence-electron chi connectivity index (χ1n) is 7.67. The van der Waals surface area contributed by atoms with Crippen LogP contribution in [-0.2, 0) is 11.3 Å². The molecule has 1 aromatic heterocycles. The molecule has 0 aromatic carbocycles. The van der Waals surface area contributed by atoms with Crippen LogP contribution in [0.25, 0.3) is 0 Å². The number of hydrogen-bond acceptors (Lipinski definition) is 4. The lowest BCUT2D eigenvalue weighted by Gasteiger charge is -2.20. The molecule has 0 aliphatic carbocycles. The van der Waals surface area contributed by atoms with Crippen LogP contribution < -0.4 is 10.6 Å². The van der Waals surface area contributed by atoms with Gasteiger partial charge in [-0.2, -0.15) is 0 Å². The first-order chi connectivity index (χ1) is 10.5. The Bertz CT molecular complexity index is 540. The van der Waals surface area contributed by atoms with Gasteiger partial charge in [0, 0.05) is 43.2 Å². The molecule has 2 N–H and O–H groups in total. The zero-order valence-corrected chi connectivity index (χ0v) is 14.5. The highest BCUT2D eigenvalue weighted by molar-refractivity contribution is 7.11. The summed E-state index contributed by atoms with van der Waals surface area (Å²) in [5.74, 6) is 1.05. The summed E-state index contributed by atoms with van der Waals surface area (Å²) in [5.41, 5.74) is 0. The summed E-state index contributed by atoms with van der Waals surface area (Å²) in [6.07, 6.45) is 2.83. The monoisotopic (exact) mass is 323 g/mol. The molecule has 1 atom stereocenters. The van der Waals surface area contributed by atoms with Gasteiger partial charge in [-0.15, -0.1) is 11.3 Å². The zero-order valence-electron chi connectivity index (χ0n) is 13.7. The molecule has 22 heavy (non-hydrogen) atoms. The van der Waals surface area contributed by atoms with Crippen LogP contribution in [0.1, 0.15) is 30.2 Å². The third kappa shape index (κ3) is 4.43. The smallest absolute Gasteiger partial charge is 0.225 e. The van der Waals surface area contributed by atoms with Gasteiger partial charge < -0.3 is 15.5 Å². The Morgan fingerprint density at radius 1 is 1.59 bits per heavy atom. The van der Waals surface area contributed by atoms with Crippen molar-refractivity contribution in [3.63, 3.8) is 0 Å². The second kappa shape index (κ2) is 7.58. The van der Waals surface area contributed by atoms with Crippen molar-refractivity contribution in [2.45, 2.75) is 39.8 Å². The van der Waals surface area contributed by atoms with Crippen LogP contribution in [0, 0.1) is 12.8 Å². The molecule has 122 valence electrons. The van der Waals surface area contributed by atoms with Crippen LogP contribution >= 0.6 is 11.3 Å². The van der Waals surface area contributed by atoms with E-state index in [2.05, 4.69) is 20.6 Å². The number of carbonyl (C=O) groups excluding carboxylic acids is 1. The van der Waals surface area contributed by atoms with E-state index >= 15 is 0 Å². The quantitative estimate of drug-likeness (QED) is 0.649. The zero-order chi connectivity index (χ0) is 16.1. The summed E-state index contributed by atoms with van der Waals surface area (Å²) in [5, 5.41) is 7.71. The molecule has 2 heterocycles. The van der Waals surface area contributed by atoms with Gasteiger partial charge in [0.05, 0.1) is 6.54 Å². The SMILES string of the molecule is CN=C(NCc1ncc(C)s1)NC1CCN(C(=O)C(C)C)C1. The first kappa shape index (κ1) is 16.7. The molecule has 0 radical (unpaired) electrons. The van der Waals surface area contributed by atoms with Crippen molar-refractivity contribution in [3.8, 4) is 0 Å². The Morgan fingerprint density at radius 3 is 2.95 bits per heavy atom. The van der Waals surface area contributed by atoms with Crippen molar-refractivity contribution in [1.82, 2.24) is 20.5 Å². The van der Waals surface area contributed by atoms with Crippen molar-refractivity contribution < 1.29 is 4.79 Å². The molecule has 0 saturated carbocycles. The Kier molecular flexibility index (Phi) is 5.76. The van der Waals surface area contributed by atoms with Crippen LogP contribution in [0.5, 0.6) is 0 Å². The topological polar surface area (TPSA) is 69.6 Å². The lowest BCUT2D eigenvalue weighted by atomic mass is 10.2. The van der Waals surface area contributed by atoms with E-state index in [1.807, 2.05) is 31.9 Å². The van der Waals surface area contributed by atoms with E-state index in [9.17, 15) is 4.79 Å². The summed E-state index contributed by atoms with van der Waals surface area (Å²) in [7, 11) is 1.76. The fourth-order valence-corrected chi connectivity index (χ4v) is 3.20. The molecule has 7 heteroatoms. The van der Waals surface area contributed by atoms with Crippen LogP contribution in [0.15, 0.2) is 11.2 Å². The van der Waals surface area contributed by atoms with Crippen molar-refractivity contribution >= 4 is 23.2 Å². The lowest BCUT2D eigenvalue weighted by molar-refractivity contribution is -0.133. The molecule has 2 rings (SSSR count). The van der Waals surface area contributed by atoms with Gasteiger partial charge in [-0.1, -0.05) is 13.8 Å².